The van der Waals surface area contributed by atoms with E-state index in [0.717, 1.165) is 23.1 Å². The highest BCUT2D eigenvalue weighted by molar-refractivity contribution is 7.85. The highest BCUT2D eigenvalue weighted by Gasteiger charge is 2.41. The summed E-state index contributed by atoms with van der Waals surface area (Å²) >= 11 is 0. The maximum absolute atomic E-state index is 14.0. The first-order valence-electron chi connectivity index (χ1n) is 29.1. The minimum Gasteiger partial charge on any atom is -0.467 e. The Hall–Kier alpha value is -6.59. The predicted octanol–water partition coefficient (Wildman–Crippen LogP) is 4.55. The SMILES string of the molecule is CCCN(OCC)C(=O)C1=Cc2ccc(-c3ccc(C(=O)N4C[C@H](NC(=O)CCOCCOCCOCCOCCOCCOCCOCCOCCOCCOCCC(=O)Oc5c(F)c(F)c(S(=O)(=O)O)c(F)c5F)C[C@H]4C(=O)OC)cc3)cc2N=C(N)C1. The van der Waals surface area contributed by atoms with Crippen molar-refractivity contribution in [2.75, 3.05) is 159 Å². The highest BCUT2D eigenvalue weighted by atomic mass is 32.2. The fourth-order valence-electron chi connectivity index (χ4n) is 8.72. The zero-order valence-corrected chi connectivity index (χ0v) is 51.3. The standard InChI is InChI=1S/C59H79F4N5O21S/c1-4-14-68(88-5-2)58(72)44-35-43-11-10-42(36-46(43)66-48(64)37-44)40-6-8-41(9-7-40)57(71)67-39-45(38-47(67)59(73)77-3)65-49(69)12-15-78-17-19-80-21-23-82-25-27-84-29-31-86-33-34-87-32-30-85-28-26-83-24-22-81-20-18-79-16-13-50(70)89-55-51(60)53(62)56(90(74,75)76)54(63)52(55)61/h6-11,35-36,45,47H,4-5,12-34,37-39H2,1-3H3,(H2,64,66)(H,65,69)(H,74,75,76)/t45-,47+/m1/s1. The van der Waals surface area contributed by atoms with Crippen LogP contribution in [0.2, 0.25) is 0 Å². The van der Waals surface area contributed by atoms with Crippen LogP contribution in [0.4, 0.5) is 23.2 Å². The van der Waals surface area contributed by atoms with Gasteiger partial charge in [-0.15, -0.1) is 0 Å². The molecule has 5 rings (SSSR count). The molecule has 3 aromatic rings. The maximum atomic E-state index is 14.0. The van der Waals surface area contributed by atoms with Crippen molar-refractivity contribution in [3.63, 3.8) is 0 Å². The summed E-state index contributed by atoms with van der Waals surface area (Å²) in [6, 6.07) is 11.2. The summed E-state index contributed by atoms with van der Waals surface area (Å²) in [5, 5.41) is 4.27. The van der Waals surface area contributed by atoms with E-state index in [0.29, 0.717) is 116 Å². The normalized spacial score (nSPS) is 14.8. The van der Waals surface area contributed by atoms with Gasteiger partial charge in [-0.05, 0) is 48.7 Å². The molecule has 4 N–H and O–H groups in total. The molecule has 2 aliphatic heterocycles. The molecule has 3 amide bonds. The van der Waals surface area contributed by atoms with Gasteiger partial charge in [0.1, 0.15) is 11.9 Å². The summed E-state index contributed by atoms with van der Waals surface area (Å²) < 4.78 is 150. The van der Waals surface area contributed by atoms with Crippen LogP contribution >= 0.6 is 0 Å². The number of benzene rings is 3. The first-order chi connectivity index (χ1) is 43.4. The lowest BCUT2D eigenvalue weighted by atomic mass is 9.99. The molecular formula is C59H79F4N5O21S. The van der Waals surface area contributed by atoms with Gasteiger partial charge in [-0.25, -0.2) is 23.6 Å². The molecule has 0 unspecified atom stereocenters. The Kier molecular flexibility index (Phi) is 33.2. The van der Waals surface area contributed by atoms with Crippen molar-refractivity contribution in [3.8, 4) is 16.9 Å². The number of carbonyl (C=O) groups is 5. The Bertz CT molecular complexity index is 2930. The summed E-state index contributed by atoms with van der Waals surface area (Å²) in [5.41, 5.74) is 10.0. The molecular weight excluding hydrogens is 1220 g/mol. The Morgan fingerprint density at radius 2 is 1.13 bits per heavy atom. The number of nitrogens with one attached hydrogen (secondary N) is 1. The van der Waals surface area contributed by atoms with Crippen LogP contribution in [0.25, 0.3) is 17.2 Å². The van der Waals surface area contributed by atoms with E-state index in [1.165, 1.54) is 17.1 Å². The number of halogens is 4. The second-order valence-electron chi connectivity index (χ2n) is 19.6. The van der Waals surface area contributed by atoms with Crippen molar-refractivity contribution in [2.24, 2.45) is 10.7 Å². The van der Waals surface area contributed by atoms with Gasteiger partial charge in [0.05, 0.1) is 158 Å². The number of hydrogen-bond donors (Lipinski definition) is 3. The lowest BCUT2D eigenvalue weighted by Gasteiger charge is -2.22. The second-order valence-corrected chi connectivity index (χ2v) is 21.0. The lowest BCUT2D eigenvalue weighted by molar-refractivity contribution is -0.180. The van der Waals surface area contributed by atoms with Crippen LogP contribution in [-0.2, 0) is 86.2 Å². The van der Waals surface area contributed by atoms with Crippen LogP contribution in [-0.4, -0.2) is 229 Å². The molecule has 26 nitrogen and oxygen atoms in total. The van der Waals surface area contributed by atoms with Crippen molar-refractivity contribution in [2.45, 2.75) is 62.9 Å². The summed E-state index contributed by atoms with van der Waals surface area (Å²) in [6.07, 6.45) is 2.33. The molecule has 0 aromatic heterocycles. The molecule has 500 valence electrons. The second kappa shape index (κ2) is 40.3. The van der Waals surface area contributed by atoms with E-state index in [4.69, 9.17) is 67.2 Å². The maximum Gasteiger partial charge on any atom is 0.328 e. The van der Waals surface area contributed by atoms with Gasteiger partial charge in [-0.1, -0.05) is 31.2 Å². The van der Waals surface area contributed by atoms with Gasteiger partial charge in [0.2, 0.25) is 23.3 Å². The Morgan fingerprint density at radius 3 is 1.59 bits per heavy atom. The zero-order chi connectivity index (χ0) is 65.3. The van der Waals surface area contributed by atoms with Crippen LogP contribution in [0, 0.1) is 23.3 Å². The number of fused-ring (bicyclic) bond motifs is 1. The summed E-state index contributed by atoms with van der Waals surface area (Å²) in [6.45, 7) is 9.87. The van der Waals surface area contributed by atoms with Crippen LogP contribution in [0.5, 0.6) is 5.75 Å². The average Bonchev–Trinajstić information content (AvgIpc) is 0.912. The molecule has 0 saturated carbocycles. The quantitative estimate of drug-likeness (QED) is 0.0133. The molecule has 0 aliphatic carbocycles. The van der Waals surface area contributed by atoms with Gasteiger partial charge < -0.3 is 72.8 Å². The zero-order valence-electron chi connectivity index (χ0n) is 50.5. The predicted molar refractivity (Wildman–Crippen MR) is 312 cm³/mol. The van der Waals surface area contributed by atoms with Crippen molar-refractivity contribution in [1.82, 2.24) is 15.3 Å². The number of nitrogens with zero attached hydrogens (tertiary/aromatic N) is 3. The summed E-state index contributed by atoms with van der Waals surface area (Å²) in [7, 11) is -4.41. The van der Waals surface area contributed by atoms with Crippen molar-refractivity contribution in [1.29, 1.82) is 0 Å². The lowest BCUT2D eigenvalue weighted by Crippen LogP contribution is -2.42. The fourth-order valence-corrected chi connectivity index (χ4v) is 9.35. The van der Waals surface area contributed by atoms with E-state index < -0.39 is 80.4 Å². The number of aliphatic imine (C=N–C) groups is 1. The number of amidine groups is 1. The molecule has 90 heavy (non-hydrogen) atoms. The molecule has 2 atom stereocenters. The third-order valence-electron chi connectivity index (χ3n) is 13.0. The van der Waals surface area contributed by atoms with E-state index in [9.17, 15) is 50.0 Å². The van der Waals surface area contributed by atoms with E-state index in [1.807, 2.05) is 32.0 Å². The molecule has 31 heteroatoms. The Morgan fingerprint density at radius 1 is 0.667 bits per heavy atom. The van der Waals surface area contributed by atoms with Crippen LogP contribution in [0.15, 0.2) is 57.9 Å². The smallest absolute Gasteiger partial charge is 0.328 e. The minimum atomic E-state index is -5.66. The number of carbonyl (C=O) groups excluding carboxylic acids is 5. The highest BCUT2D eigenvalue weighted by Crippen LogP contribution is 2.34. The third-order valence-corrected chi connectivity index (χ3v) is 13.9. The van der Waals surface area contributed by atoms with Gasteiger partial charge >= 0.3 is 22.1 Å². The summed E-state index contributed by atoms with van der Waals surface area (Å²) in [4.78, 5) is 74.0. The third kappa shape index (κ3) is 24.9. The van der Waals surface area contributed by atoms with E-state index >= 15 is 0 Å². The van der Waals surface area contributed by atoms with Gasteiger partial charge in [-0.2, -0.15) is 17.2 Å². The molecule has 1 fully saturated rings. The van der Waals surface area contributed by atoms with Crippen LogP contribution < -0.4 is 15.8 Å². The first kappa shape index (κ1) is 74.1. The molecule has 2 heterocycles. The van der Waals surface area contributed by atoms with Crippen molar-refractivity contribution >= 4 is 57.4 Å². The average molecular weight is 1300 g/mol. The van der Waals surface area contributed by atoms with E-state index in [2.05, 4.69) is 15.0 Å². The molecule has 0 radical (unpaired) electrons. The Labute approximate surface area is 519 Å². The number of amides is 3. The van der Waals surface area contributed by atoms with E-state index in [1.54, 1.807) is 30.3 Å². The molecule has 1 saturated heterocycles. The Balaban J connectivity index is 0.792. The molecule has 2 aliphatic rings. The van der Waals surface area contributed by atoms with Gasteiger partial charge in [0, 0.05) is 55.1 Å². The summed E-state index contributed by atoms with van der Waals surface area (Å²) in [5.74, 6) is -14.0. The monoisotopic (exact) mass is 1300 g/mol. The number of esters is 2. The van der Waals surface area contributed by atoms with Crippen LogP contribution in [0.1, 0.15) is 61.9 Å². The number of rotatable bonds is 44. The van der Waals surface area contributed by atoms with Gasteiger partial charge in [0.25, 0.3) is 11.8 Å². The largest absolute Gasteiger partial charge is 0.467 e. The van der Waals surface area contributed by atoms with Crippen molar-refractivity contribution in [3.05, 3.63) is 82.4 Å². The number of hydrogen-bond acceptors (Lipinski definition) is 22. The number of hydroxylamine groups is 2. The van der Waals surface area contributed by atoms with Gasteiger partial charge in [-0.3, -0.25) is 28.6 Å². The molecule has 0 spiro atoms. The first-order valence-corrected chi connectivity index (χ1v) is 30.5. The number of nitrogens with two attached hydrogens (primary N) is 1. The van der Waals surface area contributed by atoms with E-state index in [-0.39, 0.29) is 89.7 Å². The molecule has 0 bridgehead atoms. The fraction of sp³-hybridized carbons (Fsp3) is 0.559. The number of methoxy groups -OCH3 is 1. The minimum absolute atomic E-state index is 0.00802. The van der Waals surface area contributed by atoms with Crippen LogP contribution in [0.3, 0.4) is 0 Å². The van der Waals surface area contributed by atoms with Crippen molar-refractivity contribution < 1.29 is 116 Å². The van der Waals surface area contributed by atoms with Gasteiger partial charge in [0.15, 0.2) is 16.5 Å². The number of likely N-dealkylation sites (tertiary alicyclic amines) is 1. The number of ether oxygens (including phenoxy) is 12. The molecule has 3 aromatic carbocycles. The topological polar surface area (TPSA) is 317 Å².